The van der Waals surface area contributed by atoms with Crippen molar-refractivity contribution in [2.75, 3.05) is 6.54 Å². The van der Waals surface area contributed by atoms with E-state index >= 15 is 0 Å². The fourth-order valence-electron chi connectivity index (χ4n) is 1.53. The number of aromatic nitrogens is 1. The highest BCUT2D eigenvalue weighted by molar-refractivity contribution is 8.02. The number of hydrogen-bond donors (Lipinski definition) is 1. The van der Waals surface area contributed by atoms with Gasteiger partial charge in [-0.05, 0) is 19.8 Å². The van der Waals surface area contributed by atoms with Gasteiger partial charge in [0.15, 0.2) is 4.34 Å². The second-order valence-electron chi connectivity index (χ2n) is 3.65. The molecule has 1 saturated heterocycles. The van der Waals surface area contributed by atoms with Crippen molar-refractivity contribution in [1.82, 2.24) is 10.3 Å². The largest absolute Gasteiger partial charge is 0.355 e. The smallest absolute Gasteiger partial charge is 0.233 e. The van der Waals surface area contributed by atoms with Crippen LogP contribution in [-0.4, -0.2) is 22.7 Å². The molecular weight excluding hydrogens is 228 g/mol. The molecule has 0 saturated carbocycles. The molecule has 15 heavy (non-hydrogen) atoms. The molecule has 0 bridgehead atoms. The zero-order valence-electron chi connectivity index (χ0n) is 8.66. The lowest BCUT2D eigenvalue weighted by molar-refractivity contribution is -0.120. The maximum atomic E-state index is 11.7. The molecule has 5 heteroatoms. The maximum Gasteiger partial charge on any atom is 0.233 e. The molecule has 1 aliphatic rings. The number of amides is 1. The first-order chi connectivity index (χ1) is 7.25. The Kier molecular flexibility index (Phi) is 3.64. The monoisotopic (exact) mass is 242 g/mol. The molecule has 1 N–H and O–H groups in total. The van der Waals surface area contributed by atoms with Crippen LogP contribution in [0, 0.1) is 6.92 Å². The average molecular weight is 242 g/mol. The first kappa shape index (κ1) is 11.0. The van der Waals surface area contributed by atoms with E-state index in [1.54, 1.807) is 23.1 Å². The van der Waals surface area contributed by atoms with Crippen LogP contribution < -0.4 is 5.32 Å². The van der Waals surface area contributed by atoms with E-state index in [4.69, 9.17) is 0 Å². The van der Waals surface area contributed by atoms with Gasteiger partial charge in [-0.15, -0.1) is 11.3 Å². The lowest BCUT2D eigenvalue weighted by Gasteiger charge is -2.09. The summed E-state index contributed by atoms with van der Waals surface area (Å²) in [5.74, 6) is 0.172. The van der Waals surface area contributed by atoms with Crippen molar-refractivity contribution in [2.45, 2.75) is 35.8 Å². The van der Waals surface area contributed by atoms with E-state index in [0.717, 1.165) is 35.8 Å². The van der Waals surface area contributed by atoms with Crippen LogP contribution in [0.2, 0.25) is 0 Å². The van der Waals surface area contributed by atoms with Gasteiger partial charge in [-0.25, -0.2) is 4.98 Å². The number of carbonyl (C=O) groups excluding carboxylic acids is 1. The van der Waals surface area contributed by atoms with Gasteiger partial charge in [-0.2, -0.15) is 0 Å². The first-order valence-corrected chi connectivity index (χ1v) is 6.88. The summed E-state index contributed by atoms with van der Waals surface area (Å²) < 4.78 is 1.01. The van der Waals surface area contributed by atoms with Crippen LogP contribution in [0.4, 0.5) is 0 Å². The minimum atomic E-state index is 0.0537. The average Bonchev–Trinajstić information content (AvgIpc) is 2.50. The third kappa shape index (κ3) is 2.95. The number of thiazole rings is 1. The predicted molar refractivity (Wildman–Crippen MR) is 63.4 cm³/mol. The SMILES string of the molecule is Cc1csc(S[C@H]2CCCCNC2=O)n1. The zero-order chi connectivity index (χ0) is 10.7. The molecule has 2 heterocycles. The Bertz CT molecular complexity index is 351. The van der Waals surface area contributed by atoms with Crippen molar-refractivity contribution in [1.29, 1.82) is 0 Å². The summed E-state index contributed by atoms with van der Waals surface area (Å²) in [5.41, 5.74) is 1.04. The van der Waals surface area contributed by atoms with Crippen molar-refractivity contribution >= 4 is 29.0 Å². The quantitative estimate of drug-likeness (QED) is 0.864. The Morgan fingerprint density at radius 3 is 3.20 bits per heavy atom. The standard InChI is InChI=1S/C10H14N2OS2/c1-7-6-14-10(12-7)15-8-4-2-3-5-11-9(8)13/h6,8H,2-5H2,1H3,(H,11,13)/t8-/m0/s1. The molecular formula is C10H14N2OS2. The van der Waals surface area contributed by atoms with Gasteiger partial charge in [0.05, 0.1) is 5.25 Å². The second-order valence-corrected chi connectivity index (χ2v) is 5.96. The van der Waals surface area contributed by atoms with Crippen LogP contribution in [0.3, 0.4) is 0 Å². The van der Waals surface area contributed by atoms with Gasteiger partial charge in [0.1, 0.15) is 0 Å². The van der Waals surface area contributed by atoms with E-state index in [1.807, 2.05) is 12.3 Å². The minimum absolute atomic E-state index is 0.0537. The van der Waals surface area contributed by atoms with Crippen molar-refractivity contribution in [3.8, 4) is 0 Å². The molecule has 0 unspecified atom stereocenters. The Labute approximate surface area is 97.7 Å². The topological polar surface area (TPSA) is 42.0 Å². The van der Waals surface area contributed by atoms with E-state index in [-0.39, 0.29) is 11.2 Å². The molecule has 0 aliphatic carbocycles. The number of hydrogen-bond acceptors (Lipinski definition) is 4. The van der Waals surface area contributed by atoms with Crippen LogP contribution >= 0.6 is 23.1 Å². The van der Waals surface area contributed by atoms with E-state index in [9.17, 15) is 4.79 Å². The van der Waals surface area contributed by atoms with E-state index in [1.165, 1.54) is 0 Å². The molecule has 1 atom stereocenters. The van der Waals surface area contributed by atoms with Gasteiger partial charge in [0.25, 0.3) is 0 Å². The molecule has 2 rings (SSSR count). The molecule has 82 valence electrons. The van der Waals surface area contributed by atoms with Gasteiger partial charge >= 0.3 is 0 Å². The van der Waals surface area contributed by atoms with Crippen molar-refractivity contribution in [3.05, 3.63) is 11.1 Å². The molecule has 0 radical (unpaired) electrons. The van der Waals surface area contributed by atoms with Gasteiger partial charge in [-0.1, -0.05) is 18.2 Å². The normalized spacial score (nSPS) is 22.2. The fraction of sp³-hybridized carbons (Fsp3) is 0.600. The maximum absolute atomic E-state index is 11.7. The highest BCUT2D eigenvalue weighted by Crippen LogP contribution is 2.30. The third-order valence-electron chi connectivity index (χ3n) is 2.33. The molecule has 3 nitrogen and oxygen atoms in total. The van der Waals surface area contributed by atoms with Gasteiger partial charge in [0.2, 0.25) is 5.91 Å². The lowest BCUT2D eigenvalue weighted by atomic mass is 10.2. The van der Waals surface area contributed by atoms with E-state index in [2.05, 4.69) is 10.3 Å². The van der Waals surface area contributed by atoms with Crippen molar-refractivity contribution in [3.63, 3.8) is 0 Å². The fourth-order valence-corrected chi connectivity index (χ4v) is 3.68. The highest BCUT2D eigenvalue weighted by atomic mass is 32.2. The van der Waals surface area contributed by atoms with Crippen LogP contribution in [0.1, 0.15) is 25.0 Å². The van der Waals surface area contributed by atoms with E-state index < -0.39 is 0 Å². The summed E-state index contributed by atoms with van der Waals surface area (Å²) in [5, 5.41) is 5.02. The summed E-state index contributed by atoms with van der Waals surface area (Å²) in [7, 11) is 0. The summed E-state index contributed by atoms with van der Waals surface area (Å²) in [6.45, 7) is 2.81. The van der Waals surface area contributed by atoms with Gasteiger partial charge in [0, 0.05) is 17.6 Å². The van der Waals surface area contributed by atoms with Gasteiger partial charge < -0.3 is 5.32 Å². The summed E-state index contributed by atoms with van der Waals surface area (Å²) in [6.07, 6.45) is 3.19. The number of thioether (sulfide) groups is 1. The number of rotatable bonds is 2. The first-order valence-electron chi connectivity index (χ1n) is 5.12. The van der Waals surface area contributed by atoms with E-state index in [0.29, 0.717) is 0 Å². The van der Waals surface area contributed by atoms with Crippen LogP contribution in [0.25, 0.3) is 0 Å². The summed E-state index contributed by atoms with van der Waals surface area (Å²) in [6, 6.07) is 0. The predicted octanol–water partition coefficient (Wildman–Crippen LogP) is 2.21. The molecule has 1 fully saturated rings. The third-order valence-corrected chi connectivity index (χ3v) is 4.68. The molecule has 1 aromatic heterocycles. The van der Waals surface area contributed by atoms with Crippen LogP contribution in [-0.2, 0) is 4.79 Å². The second kappa shape index (κ2) is 4.99. The summed E-state index contributed by atoms with van der Waals surface area (Å²) in [4.78, 5) is 16.0. The van der Waals surface area contributed by atoms with Crippen LogP contribution in [0.5, 0.6) is 0 Å². The Hall–Kier alpha value is -0.550. The molecule has 0 aromatic carbocycles. The van der Waals surface area contributed by atoms with Gasteiger partial charge in [-0.3, -0.25) is 4.79 Å². The zero-order valence-corrected chi connectivity index (χ0v) is 10.3. The number of carbonyl (C=O) groups is 1. The minimum Gasteiger partial charge on any atom is -0.355 e. The molecule has 0 spiro atoms. The van der Waals surface area contributed by atoms with Crippen molar-refractivity contribution < 1.29 is 4.79 Å². The number of nitrogens with one attached hydrogen (secondary N) is 1. The molecule has 1 aliphatic heterocycles. The molecule has 1 aromatic rings. The Morgan fingerprint density at radius 2 is 2.47 bits per heavy atom. The highest BCUT2D eigenvalue weighted by Gasteiger charge is 2.22. The molecule has 1 amide bonds. The Balaban J connectivity index is 2.00. The lowest BCUT2D eigenvalue weighted by Crippen LogP contribution is -2.30. The number of nitrogens with zero attached hydrogens (tertiary/aromatic N) is 1. The van der Waals surface area contributed by atoms with Crippen molar-refractivity contribution in [2.24, 2.45) is 0 Å². The summed E-state index contributed by atoms with van der Waals surface area (Å²) >= 11 is 3.23. The number of aryl methyl sites for hydroxylation is 1. The van der Waals surface area contributed by atoms with Crippen LogP contribution in [0.15, 0.2) is 9.72 Å². The Morgan fingerprint density at radius 1 is 1.60 bits per heavy atom.